The summed E-state index contributed by atoms with van der Waals surface area (Å²) < 4.78 is 38.5. The number of sulfonamides is 1. The first kappa shape index (κ1) is 18.1. The van der Waals surface area contributed by atoms with Gasteiger partial charge >= 0.3 is 0 Å². The largest absolute Gasteiger partial charge is 0.497 e. The number of aromatic nitrogens is 2. The zero-order chi connectivity index (χ0) is 19.2. The van der Waals surface area contributed by atoms with E-state index >= 15 is 0 Å². The molecule has 27 heavy (non-hydrogen) atoms. The average Bonchev–Trinajstić information content (AvgIpc) is 3.04. The predicted molar refractivity (Wildman–Crippen MR) is 102 cm³/mol. The molecule has 0 saturated carbocycles. The Morgan fingerprint density at radius 3 is 2.78 bits per heavy atom. The van der Waals surface area contributed by atoms with Gasteiger partial charge in [-0.2, -0.15) is 4.31 Å². The van der Waals surface area contributed by atoms with Gasteiger partial charge in [-0.05, 0) is 23.8 Å². The first-order chi connectivity index (χ1) is 12.9. The first-order valence-electron chi connectivity index (χ1n) is 8.31. The lowest BCUT2D eigenvalue weighted by molar-refractivity contribution is 0.373. The summed E-state index contributed by atoms with van der Waals surface area (Å²) in [6.45, 7) is 0.594. The molecule has 1 aliphatic rings. The number of hydrogen-bond donors (Lipinski definition) is 1. The second-order valence-electron chi connectivity index (χ2n) is 6.24. The van der Waals surface area contributed by atoms with Crippen LogP contribution in [-0.4, -0.2) is 43.5 Å². The number of hydrogen-bond acceptors (Lipinski definition) is 5. The number of rotatable bonds is 4. The molecule has 4 rings (SSSR count). The molecule has 0 fully saturated rings. The minimum atomic E-state index is -3.78. The molecule has 3 aromatic rings. The van der Waals surface area contributed by atoms with Crippen LogP contribution < -0.4 is 9.47 Å². The molecule has 142 valence electrons. The van der Waals surface area contributed by atoms with Gasteiger partial charge in [0.25, 0.3) is 0 Å². The second kappa shape index (κ2) is 6.70. The van der Waals surface area contributed by atoms with Crippen LogP contribution in [0.2, 0.25) is 5.02 Å². The van der Waals surface area contributed by atoms with E-state index in [1.54, 1.807) is 18.3 Å². The van der Waals surface area contributed by atoms with E-state index in [0.717, 1.165) is 16.6 Å². The van der Waals surface area contributed by atoms with Crippen LogP contribution in [0.15, 0.2) is 35.4 Å². The maximum atomic E-state index is 13.3. The normalized spacial score (nSPS) is 14.9. The van der Waals surface area contributed by atoms with E-state index in [0.29, 0.717) is 29.4 Å². The number of aromatic amines is 1. The van der Waals surface area contributed by atoms with Crippen molar-refractivity contribution >= 4 is 32.7 Å². The van der Waals surface area contributed by atoms with Crippen LogP contribution in [0.3, 0.4) is 0 Å². The molecule has 0 unspecified atom stereocenters. The second-order valence-corrected chi connectivity index (χ2v) is 8.58. The number of fused-ring (bicyclic) bond motifs is 3. The van der Waals surface area contributed by atoms with Crippen LogP contribution in [-0.2, 0) is 23.0 Å². The van der Waals surface area contributed by atoms with Gasteiger partial charge in [-0.3, -0.25) is 0 Å². The molecule has 1 aromatic carbocycles. The summed E-state index contributed by atoms with van der Waals surface area (Å²) in [5.41, 5.74) is 2.60. The third-order valence-corrected chi connectivity index (χ3v) is 6.82. The van der Waals surface area contributed by atoms with Crippen LogP contribution in [0.5, 0.6) is 11.5 Å². The number of benzene rings is 1. The van der Waals surface area contributed by atoms with Crippen LogP contribution in [0.4, 0.5) is 0 Å². The molecule has 0 aliphatic carbocycles. The Balaban J connectivity index is 1.77. The summed E-state index contributed by atoms with van der Waals surface area (Å²) in [5, 5.41) is 1.36. The van der Waals surface area contributed by atoms with E-state index in [-0.39, 0.29) is 17.2 Å². The summed E-state index contributed by atoms with van der Waals surface area (Å²) in [4.78, 5) is 7.64. The number of nitrogens with zero attached hydrogens (tertiary/aromatic N) is 2. The Labute approximate surface area is 161 Å². The van der Waals surface area contributed by atoms with Gasteiger partial charge < -0.3 is 14.5 Å². The van der Waals surface area contributed by atoms with E-state index in [2.05, 4.69) is 9.97 Å². The summed E-state index contributed by atoms with van der Waals surface area (Å²) in [6, 6.07) is 6.55. The molecule has 1 N–H and O–H groups in total. The molecule has 0 amide bonds. The maximum absolute atomic E-state index is 13.3. The third-order valence-electron chi connectivity index (χ3n) is 4.75. The zero-order valence-electron chi connectivity index (χ0n) is 14.8. The van der Waals surface area contributed by atoms with Crippen LogP contribution in [0.1, 0.15) is 11.3 Å². The van der Waals surface area contributed by atoms with Crippen LogP contribution in [0, 0.1) is 0 Å². The molecule has 0 radical (unpaired) electrons. The van der Waals surface area contributed by atoms with Crippen molar-refractivity contribution in [2.24, 2.45) is 0 Å². The Morgan fingerprint density at radius 2 is 2.04 bits per heavy atom. The number of pyridine rings is 1. The van der Waals surface area contributed by atoms with Crippen molar-refractivity contribution in [2.75, 3.05) is 20.8 Å². The molecule has 0 saturated heterocycles. The highest BCUT2D eigenvalue weighted by molar-refractivity contribution is 7.89. The van der Waals surface area contributed by atoms with Crippen molar-refractivity contribution < 1.29 is 17.9 Å². The van der Waals surface area contributed by atoms with E-state index in [1.165, 1.54) is 24.6 Å². The highest BCUT2D eigenvalue weighted by Crippen LogP contribution is 2.35. The van der Waals surface area contributed by atoms with Gasteiger partial charge in [0.05, 0.1) is 19.2 Å². The number of nitrogens with one attached hydrogen (secondary N) is 1. The Hall–Kier alpha value is -2.29. The van der Waals surface area contributed by atoms with Crippen molar-refractivity contribution in [3.63, 3.8) is 0 Å². The molecule has 0 bridgehead atoms. The molecular formula is C18H18ClN3O4S. The Morgan fingerprint density at radius 1 is 1.22 bits per heavy atom. The molecule has 3 heterocycles. The lowest BCUT2D eigenvalue weighted by Crippen LogP contribution is -2.36. The van der Waals surface area contributed by atoms with Gasteiger partial charge in [-0.1, -0.05) is 11.6 Å². The average molecular weight is 408 g/mol. The number of H-pyrrole nitrogens is 1. The maximum Gasteiger partial charge on any atom is 0.247 e. The van der Waals surface area contributed by atoms with Gasteiger partial charge in [0.15, 0.2) is 0 Å². The smallest absolute Gasteiger partial charge is 0.247 e. The summed E-state index contributed by atoms with van der Waals surface area (Å²) in [7, 11) is -0.835. The highest BCUT2D eigenvalue weighted by atomic mass is 35.5. The van der Waals surface area contributed by atoms with E-state index < -0.39 is 10.0 Å². The molecule has 9 heteroatoms. The third kappa shape index (κ3) is 3.03. The Kier molecular flexibility index (Phi) is 4.49. The molecule has 7 nitrogen and oxygen atoms in total. The number of ether oxygens (including phenoxy) is 2. The van der Waals surface area contributed by atoms with E-state index in [4.69, 9.17) is 21.1 Å². The van der Waals surface area contributed by atoms with Crippen molar-refractivity contribution in [3.05, 3.63) is 46.7 Å². The van der Waals surface area contributed by atoms with Crippen molar-refractivity contribution in [1.29, 1.82) is 0 Å². The molecule has 0 atom stereocenters. The summed E-state index contributed by atoms with van der Waals surface area (Å²) in [6.07, 6.45) is 2.14. The minimum Gasteiger partial charge on any atom is -0.497 e. The summed E-state index contributed by atoms with van der Waals surface area (Å²) in [5.74, 6) is 0.736. The lowest BCUT2D eigenvalue weighted by Gasteiger charge is -2.27. The van der Waals surface area contributed by atoms with Gasteiger partial charge in [0.2, 0.25) is 10.0 Å². The molecule has 2 aromatic heterocycles. The predicted octanol–water partition coefficient (Wildman–Crippen LogP) is 2.98. The van der Waals surface area contributed by atoms with Crippen molar-refractivity contribution in [1.82, 2.24) is 14.3 Å². The minimum absolute atomic E-state index is 0.0869. The fraction of sp³-hybridized carbons (Fsp3) is 0.278. The highest BCUT2D eigenvalue weighted by Gasteiger charge is 2.32. The van der Waals surface area contributed by atoms with Crippen LogP contribution >= 0.6 is 11.6 Å². The fourth-order valence-electron chi connectivity index (χ4n) is 3.37. The molecule has 1 aliphatic heterocycles. The van der Waals surface area contributed by atoms with Crippen LogP contribution in [0.25, 0.3) is 11.0 Å². The van der Waals surface area contributed by atoms with Gasteiger partial charge in [-0.15, -0.1) is 0 Å². The first-order valence-corrected chi connectivity index (χ1v) is 10.1. The van der Waals surface area contributed by atoms with E-state index in [9.17, 15) is 8.42 Å². The molecule has 0 spiro atoms. The van der Waals surface area contributed by atoms with Crippen molar-refractivity contribution in [3.8, 4) is 11.5 Å². The number of methoxy groups -OCH3 is 2. The standard InChI is InChI=1S/C18H18ClN3O4S/c1-25-12-3-4-16(26-2)17(8-12)27(23,24)22-6-5-15-14(10-22)13-7-11(19)9-20-18(13)21-15/h3-4,7-9H,5-6,10H2,1-2H3,(H,20,21). The van der Waals surface area contributed by atoms with E-state index in [1.807, 2.05) is 6.07 Å². The SMILES string of the molecule is COc1ccc(OC)c(S(=O)(=O)N2CCc3[nH]c4ncc(Cl)cc4c3C2)c1. The monoisotopic (exact) mass is 407 g/mol. The van der Waals surface area contributed by atoms with Crippen molar-refractivity contribution in [2.45, 2.75) is 17.9 Å². The van der Waals surface area contributed by atoms with Gasteiger partial charge in [-0.25, -0.2) is 13.4 Å². The number of halogens is 1. The topological polar surface area (TPSA) is 84.5 Å². The lowest BCUT2D eigenvalue weighted by atomic mass is 10.1. The fourth-order valence-corrected chi connectivity index (χ4v) is 5.10. The quantitative estimate of drug-likeness (QED) is 0.718. The summed E-state index contributed by atoms with van der Waals surface area (Å²) >= 11 is 6.07. The van der Waals surface area contributed by atoms with Gasteiger partial charge in [0.1, 0.15) is 22.0 Å². The Bertz CT molecular complexity index is 1130. The molecular weight excluding hydrogens is 390 g/mol. The van der Waals surface area contributed by atoms with Gasteiger partial charge in [0, 0.05) is 42.9 Å². The zero-order valence-corrected chi connectivity index (χ0v) is 16.4.